The Hall–Kier alpha value is -2.54. The Labute approximate surface area is 175 Å². The van der Waals surface area contributed by atoms with Crippen LogP contribution in [0, 0.1) is 6.92 Å². The van der Waals surface area contributed by atoms with Gasteiger partial charge in [-0.15, -0.1) is 0 Å². The van der Waals surface area contributed by atoms with Crippen LogP contribution < -0.4 is 5.32 Å². The van der Waals surface area contributed by atoms with Gasteiger partial charge in [0.2, 0.25) is 0 Å². The molecule has 12 heteroatoms. The van der Waals surface area contributed by atoms with E-state index in [1.165, 1.54) is 8.61 Å². The first-order valence-electron chi connectivity index (χ1n) is 9.82. The van der Waals surface area contributed by atoms with Crippen molar-refractivity contribution in [1.29, 1.82) is 0 Å². The predicted octanol–water partition coefficient (Wildman–Crippen LogP) is 0.507. The Morgan fingerprint density at radius 1 is 1.10 bits per heavy atom. The Bertz CT molecular complexity index is 995. The molecule has 11 nitrogen and oxygen atoms in total. The van der Waals surface area contributed by atoms with Gasteiger partial charge in [-0.2, -0.15) is 22.1 Å². The first-order valence-corrected chi connectivity index (χ1v) is 11.2. The van der Waals surface area contributed by atoms with Crippen molar-refractivity contribution in [2.24, 2.45) is 0 Å². The Morgan fingerprint density at radius 2 is 1.80 bits per heavy atom. The highest BCUT2D eigenvalue weighted by Crippen LogP contribution is 2.20. The number of amides is 2. The molecule has 2 aromatic rings. The van der Waals surface area contributed by atoms with Gasteiger partial charge in [0.25, 0.3) is 10.2 Å². The largest absolute Gasteiger partial charge is 0.379 e. The molecule has 2 N–H and O–H groups in total. The minimum Gasteiger partial charge on any atom is -0.379 e. The van der Waals surface area contributed by atoms with E-state index in [4.69, 9.17) is 4.74 Å². The van der Waals surface area contributed by atoms with E-state index in [1.54, 1.807) is 17.0 Å². The molecule has 0 saturated carbocycles. The summed E-state index contributed by atoms with van der Waals surface area (Å²) in [7, 11) is -3.52. The van der Waals surface area contributed by atoms with Crippen molar-refractivity contribution >= 4 is 21.9 Å². The molecule has 1 aromatic carbocycles. The lowest BCUT2D eigenvalue weighted by molar-refractivity contribution is 0.0691. The fourth-order valence-electron chi connectivity index (χ4n) is 3.47. The van der Waals surface area contributed by atoms with Crippen molar-refractivity contribution in [3.05, 3.63) is 30.1 Å². The number of aryl methyl sites for hydroxylation is 1. The number of ether oxygens (including phenoxy) is 1. The normalized spacial score (nSPS) is 19.0. The number of carbonyl (C=O) groups is 1. The van der Waals surface area contributed by atoms with Crippen molar-refractivity contribution in [3.8, 4) is 11.4 Å². The number of rotatable bonds is 4. The fraction of sp³-hybridized carbons (Fsp3) is 0.500. The minimum absolute atomic E-state index is 0.262. The van der Waals surface area contributed by atoms with Crippen LogP contribution in [0.5, 0.6) is 0 Å². The molecule has 0 unspecified atom stereocenters. The van der Waals surface area contributed by atoms with E-state index in [9.17, 15) is 13.2 Å². The quantitative estimate of drug-likeness (QED) is 0.721. The van der Waals surface area contributed by atoms with Gasteiger partial charge in [-0.3, -0.25) is 5.10 Å². The van der Waals surface area contributed by atoms with E-state index in [1.807, 2.05) is 19.1 Å². The molecule has 1 aromatic heterocycles. The van der Waals surface area contributed by atoms with Gasteiger partial charge in [0.1, 0.15) is 5.82 Å². The lowest BCUT2D eigenvalue weighted by Gasteiger charge is -2.37. The smallest absolute Gasteiger partial charge is 0.321 e. The molecule has 2 amide bonds. The molecular formula is C18H25N7O4S. The van der Waals surface area contributed by atoms with Gasteiger partial charge in [-0.1, -0.05) is 12.1 Å². The Morgan fingerprint density at radius 3 is 2.47 bits per heavy atom. The molecule has 3 heterocycles. The molecule has 30 heavy (non-hydrogen) atoms. The highest BCUT2D eigenvalue weighted by atomic mass is 32.2. The van der Waals surface area contributed by atoms with E-state index in [0.29, 0.717) is 56.7 Å². The monoisotopic (exact) mass is 435 g/mol. The second-order valence-corrected chi connectivity index (χ2v) is 9.09. The number of urea groups is 1. The van der Waals surface area contributed by atoms with Crippen LogP contribution in [0.15, 0.2) is 24.3 Å². The Kier molecular flexibility index (Phi) is 5.99. The second kappa shape index (κ2) is 8.68. The number of H-pyrrole nitrogens is 1. The summed E-state index contributed by atoms with van der Waals surface area (Å²) in [6.45, 7) is 4.56. The number of aromatic nitrogens is 3. The van der Waals surface area contributed by atoms with E-state index in [0.717, 1.165) is 5.56 Å². The van der Waals surface area contributed by atoms with Gasteiger partial charge in [0.15, 0.2) is 5.82 Å². The molecule has 2 aliphatic heterocycles. The summed E-state index contributed by atoms with van der Waals surface area (Å²) in [5.41, 5.74) is 1.42. The zero-order chi connectivity index (χ0) is 21.1. The average molecular weight is 436 g/mol. The molecule has 0 atom stereocenters. The number of aromatic amines is 1. The third kappa shape index (κ3) is 4.46. The van der Waals surface area contributed by atoms with E-state index < -0.39 is 10.2 Å². The lowest BCUT2D eigenvalue weighted by atomic mass is 10.2. The number of nitrogens with zero attached hydrogens (tertiary/aromatic N) is 5. The predicted molar refractivity (Wildman–Crippen MR) is 110 cm³/mol. The topological polar surface area (TPSA) is 124 Å². The summed E-state index contributed by atoms with van der Waals surface area (Å²) in [4.78, 5) is 18.6. The maximum Gasteiger partial charge on any atom is 0.321 e. The van der Waals surface area contributed by atoms with Crippen LogP contribution in [0.1, 0.15) is 5.82 Å². The van der Waals surface area contributed by atoms with Gasteiger partial charge in [-0.25, -0.2) is 9.78 Å². The summed E-state index contributed by atoms with van der Waals surface area (Å²) in [5.74, 6) is 1.27. The van der Waals surface area contributed by atoms with Gasteiger partial charge < -0.3 is 15.0 Å². The number of hydrogen-bond donors (Lipinski definition) is 2. The van der Waals surface area contributed by atoms with Crippen LogP contribution >= 0.6 is 0 Å². The van der Waals surface area contributed by atoms with Crippen LogP contribution in [-0.2, 0) is 14.9 Å². The lowest BCUT2D eigenvalue weighted by Crippen LogP contribution is -2.56. The fourth-order valence-corrected chi connectivity index (χ4v) is 5.03. The number of hydrogen-bond acceptors (Lipinski definition) is 6. The van der Waals surface area contributed by atoms with Crippen LogP contribution in [0.25, 0.3) is 11.4 Å². The number of morpholine rings is 1. The number of anilines is 1. The molecular weight excluding hydrogens is 410 g/mol. The first kappa shape index (κ1) is 20.7. The standard InChI is InChI=1S/C18H25N7O4S/c1-14-19-17(22-21-14)15-3-2-4-16(13-15)20-18(26)23-5-7-24(8-6-23)30(27,28)25-9-11-29-12-10-25/h2-4,13H,5-12H2,1H3,(H,20,26)(H,19,21,22). The van der Waals surface area contributed by atoms with E-state index >= 15 is 0 Å². The Balaban J connectivity index is 1.35. The van der Waals surface area contributed by atoms with Crippen molar-refractivity contribution in [3.63, 3.8) is 0 Å². The number of piperazine rings is 1. The molecule has 2 aliphatic rings. The molecule has 4 rings (SSSR count). The summed E-state index contributed by atoms with van der Waals surface area (Å²) in [6.07, 6.45) is 0. The van der Waals surface area contributed by atoms with Crippen LogP contribution in [0.2, 0.25) is 0 Å². The summed E-state index contributed by atoms with van der Waals surface area (Å²) in [5, 5.41) is 9.80. The molecule has 0 bridgehead atoms. The highest BCUT2D eigenvalue weighted by Gasteiger charge is 2.34. The number of benzene rings is 1. The maximum atomic E-state index is 12.7. The highest BCUT2D eigenvalue weighted by molar-refractivity contribution is 7.86. The van der Waals surface area contributed by atoms with Crippen molar-refractivity contribution in [2.45, 2.75) is 6.92 Å². The summed E-state index contributed by atoms with van der Waals surface area (Å²) >= 11 is 0. The third-order valence-corrected chi connectivity index (χ3v) is 7.15. The summed E-state index contributed by atoms with van der Waals surface area (Å²) < 4.78 is 33.6. The van der Waals surface area contributed by atoms with Gasteiger partial charge in [-0.05, 0) is 19.1 Å². The molecule has 2 fully saturated rings. The van der Waals surface area contributed by atoms with Gasteiger partial charge >= 0.3 is 6.03 Å². The van der Waals surface area contributed by atoms with Crippen LogP contribution in [0.3, 0.4) is 0 Å². The van der Waals surface area contributed by atoms with E-state index in [2.05, 4.69) is 20.5 Å². The van der Waals surface area contributed by atoms with Gasteiger partial charge in [0.05, 0.1) is 13.2 Å². The average Bonchev–Trinajstić information content (AvgIpc) is 3.21. The SMILES string of the molecule is Cc1nc(-c2cccc(NC(=O)N3CCN(S(=O)(=O)N4CCOCC4)CC3)c2)n[nH]1. The minimum atomic E-state index is -3.52. The van der Waals surface area contributed by atoms with Crippen molar-refractivity contribution in [1.82, 2.24) is 28.7 Å². The number of nitrogens with one attached hydrogen (secondary N) is 2. The molecule has 162 valence electrons. The first-order chi connectivity index (χ1) is 14.4. The van der Waals surface area contributed by atoms with Crippen molar-refractivity contribution < 1.29 is 17.9 Å². The van der Waals surface area contributed by atoms with Crippen LogP contribution in [0.4, 0.5) is 10.5 Å². The van der Waals surface area contributed by atoms with E-state index in [-0.39, 0.29) is 19.1 Å². The second-order valence-electron chi connectivity index (χ2n) is 7.16. The molecule has 0 spiro atoms. The zero-order valence-corrected chi connectivity index (χ0v) is 17.6. The van der Waals surface area contributed by atoms with Gasteiger partial charge in [0, 0.05) is 50.5 Å². The zero-order valence-electron chi connectivity index (χ0n) is 16.7. The maximum absolute atomic E-state index is 12.7. The van der Waals surface area contributed by atoms with Crippen molar-refractivity contribution in [2.75, 3.05) is 57.8 Å². The molecule has 0 radical (unpaired) electrons. The molecule has 0 aliphatic carbocycles. The van der Waals surface area contributed by atoms with Crippen LogP contribution in [-0.4, -0.2) is 95.6 Å². The third-order valence-electron chi connectivity index (χ3n) is 5.12. The molecule has 2 saturated heterocycles. The summed E-state index contributed by atoms with van der Waals surface area (Å²) in [6, 6.07) is 7.03. The number of carbonyl (C=O) groups excluding carboxylic acids is 1.